The van der Waals surface area contributed by atoms with Crippen LogP contribution in [0, 0.1) is 0 Å². The summed E-state index contributed by atoms with van der Waals surface area (Å²) < 4.78 is 33.3. The lowest BCUT2D eigenvalue weighted by molar-refractivity contribution is -0.154. The second-order valence-corrected chi connectivity index (χ2v) is 15.4. The minimum absolute atomic E-state index is 0.0476. The van der Waals surface area contributed by atoms with Crippen molar-refractivity contribution in [3.63, 3.8) is 0 Å². The van der Waals surface area contributed by atoms with Crippen molar-refractivity contribution in [2.45, 2.75) is 193 Å². The number of hydrogen-bond acceptors (Lipinski definition) is 8. The summed E-state index contributed by atoms with van der Waals surface area (Å²) in [6.45, 7) is 3.41. The van der Waals surface area contributed by atoms with Crippen LogP contribution >= 0.6 is 7.82 Å². The molecule has 3 unspecified atom stereocenters. The van der Waals surface area contributed by atoms with Gasteiger partial charge < -0.3 is 24.6 Å². The van der Waals surface area contributed by atoms with Crippen LogP contribution in [-0.4, -0.2) is 66.3 Å². The number of carbonyl (C=O) groups excluding carboxylic acids is 1. The summed E-state index contributed by atoms with van der Waals surface area (Å²) >= 11 is 0. The quantitative estimate of drug-likeness (QED) is 0.0242. The van der Waals surface area contributed by atoms with Crippen LogP contribution < -0.4 is 0 Å². The molecule has 0 aromatic carbocycles. The van der Waals surface area contributed by atoms with E-state index in [1.165, 1.54) is 96.3 Å². The highest BCUT2D eigenvalue weighted by Crippen LogP contribution is 2.43. The molecule has 0 aliphatic carbocycles. The summed E-state index contributed by atoms with van der Waals surface area (Å²) in [4.78, 5) is 22.5. The maximum absolute atomic E-state index is 12.6. The predicted octanol–water partition coefficient (Wildman–Crippen LogP) is 11.3. The van der Waals surface area contributed by atoms with Gasteiger partial charge in [-0.1, -0.05) is 166 Å². The highest BCUT2D eigenvalue weighted by atomic mass is 31.2. The summed E-state index contributed by atoms with van der Waals surface area (Å²) in [5.74, 6) is -0.392. The van der Waals surface area contributed by atoms with Crippen LogP contribution in [-0.2, 0) is 27.9 Å². The Morgan fingerprint density at radius 1 is 0.615 bits per heavy atom. The van der Waals surface area contributed by atoms with Gasteiger partial charge in [-0.25, -0.2) is 4.57 Å². The van der Waals surface area contributed by atoms with Gasteiger partial charge in [0.15, 0.2) is 0 Å². The standard InChI is InChI=1S/C42H79O9P/c1-3-5-7-9-11-13-15-17-19-20-21-22-24-26-28-30-32-34-42(45)51-41(39-50-52(46,47)49-37-40(44)36-43)38-48-35-33-31-29-27-25-23-18-16-14-12-10-8-6-4-2/h5,7,11,13,17,19,40-41,43-44H,3-4,6,8-10,12,14-16,18,20-39H2,1-2H3,(H,46,47)/b7-5-,13-11-,19-17-. The van der Waals surface area contributed by atoms with Gasteiger partial charge in [0.25, 0.3) is 0 Å². The van der Waals surface area contributed by atoms with Gasteiger partial charge in [-0.05, 0) is 44.9 Å². The number of allylic oxidation sites excluding steroid dienone is 6. The van der Waals surface area contributed by atoms with Crippen LogP contribution in [0.25, 0.3) is 0 Å². The Morgan fingerprint density at radius 3 is 1.65 bits per heavy atom. The Bertz CT molecular complexity index is 908. The van der Waals surface area contributed by atoms with Crippen LogP contribution in [0.5, 0.6) is 0 Å². The Kier molecular flexibility index (Phi) is 38.4. The second kappa shape index (κ2) is 39.4. The number of carbonyl (C=O) groups is 1. The molecule has 0 radical (unpaired) electrons. The molecule has 0 aromatic heterocycles. The first kappa shape index (κ1) is 50.7. The van der Waals surface area contributed by atoms with Crippen molar-refractivity contribution in [1.82, 2.24) is 0 Å². The first-order valence-corrected chi connectivity index (χ1v) is 22.5. The van der Waals surface area contributed by atoms with E-state index in [0.29, 0.717) is 6.61 Å². The third kappa shape index (κ3) is 38.4. The molecule has 9 nitrogen and oxygen atoms in total. The number of hydrogen-bond donors (Lipinski definition) is 3. The molecule has 0 aromatic rings. The topological polar surface area (TPSA) is 132 Å². The fraction of sp³-hybridized carbons (Fsp3) is 0.833. The van der Waals surface area contributed by atoms with Crippen LogP contribution in [0.2, 0.25) is 0 Å². The Balaban J connectivity index is 4.19. The third-order valence-corrected chi connectivity index (χ3v) is 9.79. The highest BCUT2D eigenvalue weighted by Gasteiger charge is 2.26. The number of rotatable bonds is 40. The van der Waals surface area contributed by atoms with E-state index in [1.54, 1.807) is 0 Å². The molecule has 0 amide bonds. The van der Waals surface area contributed by atoms with Crippen LogP contribution in [0.15, 0.2) is 36.5 Å². The molecule has 306 valence electrons. The Labute approximate surface area is 318 Å². The van der Waals surface area contributed by atoms with Crippen molar-refractivity contribution in [2.24, 2.45) is 0 Å². The molecule has 10 heteroatoms. The molecular weight excluding hydrogens is 679 g/mol. The van der Waals surface area contributed by atoms with Gasteiger partial charge in [-0.2, -0.15) is 0 Å². The summed E-state index contributed by atoms with van der Waals surface area (Å²) in [6, 6.07) is 0. The predicted molar refractivity (Wildman–Crippen MR) is 214 cm³/mol. The molecular formula is C42H79O9P. The average molecular weight is 759 g/mol. The van der Waals surface area contributed by atoms with E-state index < -0.39 is 39.2 Å². The zero-order chi connectivity index (χ0) is 38.2. The lowest BCUT2D eigenvalue weighted by atomic mass is 10.0. The Morgan fingerprint density at radius 2 is 1.10 bits per heavy atom. The van der Waals surface area contributed by atoms with E-state index in [0.717, 1.165) is 64.2 Å². The van der Waals surface area contributed by atoms with Crippen molar-refractivity contribution < 1.29 is 43.0 Å². The average Bonchev–Trinajstić information content (AvgIpc) is 3.13. The summed E-state index contributed by atoms with van der Waals surface area (Å²) in [7, 11) is -4.52. The van der Waals surface area contributed by atoms with Gasteiger partial charge in [0.1, 0.15) is 12.2 Å². The number of aliphatic hydroxyl groups excluding tert-OH is 2. The lowest BCUT2D eigenvalue weighted by Crippen LogP contribution is -2.29. The number of unbranched alkanes of at least 4 members (excludes halogenated alkanes) is 20. The molecule has 0 aliphatic heterocycles. The van der Waals surface area contributed by atoms with E-state index in [2.05, 4.69) is 50.3 Å². The van der Waals surface area contributed by atoms with Crippen LogP contribution in [0.4, 0.5) is 0 Å². The molecule has 52 heavy (non-hydrogen) atoms. The molecule has 0 saturated carbocycles. The first-order chi connectivity index (χ1) is 25.3. The maximum Gasteiger partial charge on any atom is 0.472 e. The molecule has 3 N–H and O–H groups in total. The number of esters is 1. The normalized spacial score (nSPS) is 14.5. The van der Waals surface area contributed by atoms with Crippen molar-refractivity contribution >= 4 is 13.8 Å². The van der Waals surface area contributed by atoms with E-state index in [-0.39, 0.29) is 19.6 Å². The van der Waals surface area contributed by atoms with Gasteiger partial charge in [-0.3, -0.25) is 13.8 Å². The fourth-order valence-corrected chi connectivity index (χ4v) is 6.45. The van der Waals surface area contributed by atoms with Crippen LogP contribution in [0.1, 0.15) is 181 Å². The molecule has 0 heterocycles. The third-order valence-electron chi connectivity index (χ3n) is 8.84. The van der Waals surface area contributed by atoms with Gasteiger partial charge in [0, 0.05) is 13.0 Å². The Hall–Kier alpha value is -1.32. The molecule has 0 rings (SSSR count). The number of phosphoric acid groups is 1. The fourth-order valence-electron chi connectivity index (χ4n) is 5.66. The lowest BCUT2D eigenvalue weighted by Gasteiger charge is -2.20. The van der Waals surface area contributed by atoms with Gasteiger partial charge in [-0.15, -0.1) is 0 Å². The minimum atomic E-state index is -4.52. The maximum atomic E-state index is 12.6. The molecule has 0 fully saturated rings. The van der Waals surface area contributed by atoms with Crippen molar-refractivity contribution in [3.8, 4) is 0 Å². The highest BCUT2D eigenvalue weighted by molar-refractivity contribution is 7.47. The largest absolute Gasteiger partial charge is 0.472 e. The van der Waals surface area contributed by atoms with E-state index in [1.807, 2.05) is 0 Å². The molecule has 0 bridgehead atoms. The zero-order valence-corrected chi connectivity index (χ0v) is 34.2. The first-order valence-electron chi connectivity index (χ1n) is 21.0. The summed E-state index contributed by atoms with van der Waals surface area (Å²) in [5, 5.41) is 18.3. The number of aliphatic hydroxyl groups is 2. The molecule has 0 spiro atoms. The van der Waals surface area contributed by atoms with Crippen molar-refractivity contribution in [1.29, 1.82) is 0 Å². The van der Waals surface area contributed by atoms with Crippen molar-refractivity contribution in [3.05, 3.63) is 36.5 Å². The van der Waals surface area contributed by atoms with Gasteiger partial charge in [0.2, 0.25) is 0 Å². The van der Waals surface area contributed by atoms with Gasteiger partial charge in [0.05, 0.1) is 26.4 Å². The van der Waals surface area contributed by atoms with Crippen LogP contribution in [0.3, 0.4) is 0 Å². The monoisotopic (exact) mass is 759 g/mol. The minimum Gasteiger partial charge on any atom is -0.457 e. The number of phosphoric ester groups is 1. The molecule has 0 saturated heterocycles. The summed E-state index contributed by atoms with van der Waals surface area (Å²) in [6.07, 6.45) is 40.9. The van der Waals surface area contributed by atoms with E-state index in [4.69, 9.17) is 23.6 Å². The molecule has 3 atom stereocenters. The number of ether oxygens (including phenoxy) is 2. The smallest absolute Gasteiger partial charge is 0.457 e. The SMILES string of the molecule is CC/C=C\C/C=C\C/C=C\CCCCCCCCCC(=O)OC(COCCCCCCCCCCCCCCCC)COP(=O)(O)OCC(O)CO. The van der Waals surface area contributed by atoms with E-state index in [9.17, 15) is 19.4 Å². The van der Waals surface area contributed by atoms with E-state index >= 15 is 0 Å². The molecule has 0 aliphatic rings. The van der Waals surface area contributed by atoms with Crippen molar-refractivity contribution in [2.75, 3.05) is 33.0 Å². The zero-order valence-electron chi connectivity index (χ0n) is 33.3. The second-order valence-electron chi connectivity index (χ2n) is 14.0. The summed E-state index contributed by atoms with van der Waals surface area (Å²) in [5.41, 5.74) is 0. The van der Waals surface area contributed by atoms with Gasteiger partial charge >= 0.3 is 13.8 Å².